The molecule has 0 amide bonds. The van der Waals surface area contributed by atoms with Gasteiger partial charge >= 0.3 is 5.97 Å². The zero-order chi connectivity index (χ0) is 20.1. The Morgan fingerprint density at radius 3 is 2.71 bits per heavy atom. The van der Waals surface area contributed by atoms with Crippen LogP contribution in [-0.4, -0.2) is 47.5 Å². The molecule has 0 saturated carbocycles. The van der Waals surface area contributed by atoms with E-state index in [4.69, 9.17) is 14.4 Å². The first-order valence-electron chi connectivity index (χ1n) is 9.03. The van der Waals surface area contributed by atoms with Crippen molar-refractivity contribution in [3.8, 4) is 22.6 Å². The molecular weight excluding hydrogens is 358 g/mol. The molecule has 0 spiro atoms. The summed E-state index contributed by atoms with van der Waals surface area (Å²) in [5, 5.41) is 13.2. The summed E-state index contributed by atoms with van der Waals surface area (Å²) in [6.07, 6.45) is 1.94. The Morgan fingerprint density at radius 1 is 1.21 bits per heavy atom. The third-order valence-corrected chi connectivity index (χ3v) is 4.22. The molecule has 0 aliphatic carbocycles. The Labute approximate surface area is 163 Å². The number of carbonyl (C=O) groups is 1. The summed E-state index contributed by atoms with van der Waals surface area (Å²) in [5.41, 5.74) is 2.26. The Bertz CT molecular complexity index is 935. The van der Waals surface area contributed by atoms with Crippen molar-refractivity contribution in [2.75, 3.05) is 25.1 Å². The molecule has 1 aromatic carbocycles. The fourth-order valence-electron chi connectivity index (χ4n) is 2.66. The molecule has 7 heteroatoms. The van der Waals surface area contributed by atoms with Crippen molar-refractivity contribution in [2.24, 2.45) is 0 Å². The maximum Gasteiger partial charge on any atom is 0.335 e. The van der Waals surface area contributed by atoms with Crippen LogP contribution in [0.5, 0.6) is 0 Å². The van der Waals surface area contributed by atoms with E-state index in [0.29, 0.717) is 23.6 Å². The van der Waals surface area contributed by atoms with Gasteiger partial charge in [-0.3, -0.25) is 0 Å². The Kier molecular flexibility index (Phi) is 6.06. The zero-order valence-electron chi connectivity index (χ0n) is 16.1. The van der Waals surface area contributed by atoms with Gasteiger partial charge in [0.25, 0.3) is 0 Å². The number of hydrogen-bond donors (Lipinski definition) is 1. The number of carboxylic acid groups (broad SMARTS) is 1. The van der Waals surface area contributed by atoms with Gasteiger partial charge in [-0.15, -0.1) is 0 Å². The van der Waals surface area contributed by atoms with Crippen molar-refractivity contribution in [3.05, 3.63) is 54.2 Å². The summed E-state index contributed by atoms with van der Waals surface area (Å²) in [7, 11) is 1.97. The van der Waals surface area contributed by atoms with E-state index in [0.717, 1.165) is 17.9 Å². The highest BCUT2D eigenvalue weighted by molar-refractivity contribution is 5.89. The molecule has 0 aliphatic heterocycles. The molecule has 28 heavy (non-hydrogen) atoms. The monoisotopic (exact) mass is 381 g/mol. The second-order valence-electron chi connectivity index (χ2n) is 6.71. The van der Waals surface area contributed by atoms with E-state index in [2.05, 4.69) is 10.1 Å². The molecule has 2 aromatic heterocycles. The van der Waals surface area contributed by atoms with Crippen molar-refractivity contribution < 1.29 is 19.2 Å². The van der Waals surface area contributed by atoms with Crippen LogP contribution in [0.15, 0.2) is 53.2 Å². The van der Waals surface area contributed by atoms with Gasteiger partial charge in [-0.05, 0) is 38.1 Å². The molecule has 0 fully saturated rings. The van der Waals surface area contributed by atoms with E-state index in [1.54, 1.807) is 30.5 Å². The van der Waals surface area contributed by atoms with E-state index >= 15 is 0 Å². The summed E-state index contributed by atoms with van der Waals surface area (Å²) >= 11 is 0. The predicted molar refractivity (Wildman–Crippen MR) is 106 cm³/mol. The number of benzene rings is 1. The maximum absolute atomic E-state index is 11.1. The minimum Gasteiger partial charge on any atom is -0.478 e. The van der Waals surface area contributed by atoms with Gasteiger partial charge in [0.1, 0.15) is 11.5 Å². The molecule has 3 rings (SSSR count). The molecule has 0 atom stereocenters. The number of ether oxygens (including phenoxy) is 1. The van der Waals surface area contributed by atoms with Crippen LogP contribution in [0, 0.1) is 0 Å². The fraction of sp³-hybridized carbons (Fsp3) is 0.286. The second kappa shape index (κ2) is 8.67. The summed E-state index contributed by atoms with van der Waals surface area (Å²) < 4.78 is 11.0. The molecule has 0 saturated heterocycles. The van der Waals surface area contributed by atoms with Crippen molar-refractivity contribution in [1.82, 2.24) is 10.1 Å². The van der Waals surface area contributed by atoms with Crippen LogP contribution in [0.1, 0.15) is 24.2 Å². The van der Waals surface area contributed by atoms with Crippen LogP contribution in [0.25, 0.3) is 22.6 Å². The first-order chi connectivity index (χ1) is 13.4. The average molecular weight is 381 g/mol. The topological polar surface area (TPSA) is 88.7 Å². The van der Waals surface area contributed by atoms with E-state index in [9.17, 15) is 4.79 Å². The van der Waals surface area contributed by atoms with E-state index in [-0.39, 0.29) is 11.7 Å². The maximum atomic E-state index is 11.1. The van der Waals surface area contributed by atoms with Crippen LogP contribution < -0.4 is 4.90 Å². The normalized spacial score (nSPS) is 11.0. The quantitative estimate of drug-likeness (QED) is 0.632. The van der Waals surface area contributed by atoms with Gasteiger partial charge in [-0.1, -0.05) is 17.3 Å². The molecule has 146 valence electrons. The van der Waals surface area contributed by atoms with E-state index < -0.39 is 5.97 Å². The van der Waals surface area contributed by atoms with Crippen molar-refractivity contribution >= 4 is 11.8 Å². The number of carboxylic acids is 1. The van der Waals surface area contributed by atoms with Gasteiger partial charge in [-0.25, -0.2) is 9.78 Å². The molecule has 1 N–H and O–H groups in total. The molecule has 0 unspecified atom stereocenters. The third-order valence-electron chi connectivity index (χ3n) is 4.22. The molecule has 7 nitrogen and oxygen atoms in total. The van der Waals surface area contributed by atoms with Crippen LogP contribution in [0.4, 0.5) is 5.82 Å². The molecule has 0 bridgehead atoms. The Hall–Kier alpha value is -3.19. The van der Waals surface area contributed by atoms with Gasteiger partial charge in [0.05, 0.1) is 18.3 Å². The fourth-order valence-corrected chi connectivity index (χ4v) is 2.66. The van der Waals surface area contributed by atoms with Gasteiger partial charge in [-0.2, -0.15) is 0 Å². The lowest BCUT2D eigenvalue weighted by atomic mass is 10.1. The van der Waals surface area contributed by atoms with Crippen LogP contribution in [-0.2, 0) is 4.74 Å². The van der Waals surface area contributed by atoms with Gasteiger partial charge < -0.3 is 19.3 Å². The van der Waals surface area contributed by atoms with Crippen molar-refractivity contribution in [2.45, 2.75) is 20.0 Å². The first kappa shape index (κ1) is 19.6. The largest absolute Gasteiger partial charge is 0.478 e. The third kappa shape index (κ3) is 4.75. The van der Waals surface area contributed by atoms with Gasteiger partial charge in [0, 0.05) is 37.0 Å². The van der Waals surface area contributed by atoms with E-state index in [1.165, 1.54) is 6.07 Å². The van der Waals surface area contributed by atoms with E-state index in [1.807, 2.05) is 37.9 Å². The highest BCUT2D eigenvalue weighted by Gasteiger charge is 2.12. The number of likely N-dealkylation sites (N-methyl/N-ethyl adjacent to an activating group) is 1. The number of hydrogen-bond acceptors (Lipinski definition) is 6. The number of aromatic nitrogens is 2. The van der Waals surface area contributed by atoms with Gasteiger partial charge in [0.2, 0.25) is 0 Å². The van der Waals surface area contributed by atoms with Gasteiger partial charge in [0.15, 0.2) is 5.76 Å². The predicted octanol–water partition coefficient (Wildman–Crippen LogP) is 3.96. The molecule has 0 aliphatic rings. The number of pyridine rings is 1. The highest BCUT2D eigenvalue weighted by Crippen LogP contribution is 2.27. The number of anilines is 1. The Balaban J connectivity index is 1.71. The summed E-state index contributed by atoms with van der Waals surface area (Å²) in [6, 6.07) is 12.2. The van der Waals surface area contributed by atoms with Crippen molar-refractivity contribution in [3.63, 3.8) is 0 Å². The average Bonchev–Trinajstić information content (AvgIpc) is 3.18. The summed E-state index contributed by atoms with van der Waals surface area (Å²) in [5.74, 6) is 0.429. The second-order valence-corrected chi connectivity index (χ2v) is 6.71. The zero-order valence-corrected chi connectivity index (χ0v) is 16.1. The smallest absolute Gasteiger partial charge is 0.335 e. The Morgan fingerprint density at radius 2 is 2.04 bits per heavy atom. The minimum atomic E-state index is -0.978. The van der Waals surface area contributed by atoms with Crippen LogP contribution >= 0.6 is 0 Å². The number of aromatic carboxylic acids is 1. The van der Waals surface area contributed by atoms with Crippen LogP contribution in [0.3, 0.4) is 0 Å². The minimum absolute atomic E-state index is 0.206. The van der Waals surface area contributed by atoms with Crippen molar-refractivity contribution in [1.29, 1.82) is 0 Å². The summed E-state index contributed by atoms with van der Waals surface area (Å²) in [4.78, 5) is 17.6. The number of rotatable bonds is 8. The lowest BCUT2D eigenvalue weighted by Gasteiger charge is -2.19. The highest BCUT2D eigenvalue weighted by atomic mass is 16.5. The first-order valence-corrected chi connectivity index (χ1v) is 9.03. The SMILES string of the molecule is CC(C)OCCN(C)c1ccc(-c2cc(-c3cccc(C(=O)O)c3)no2)cn1. The lowest BCUT2D eigenvalue weighted by molar-refractivity contribution is 0.0696. The molecule has 2 heterocycles. The molecule has 0 radical (unpaired) electrons. The summed E-state index contributed by atoms with van der Waals surface area (Å²) in [6.45, 7) is 5.41. The molecular formula is C21H23N3O4. The lowest BCUT2D eigenvalue weighted by Crippen LogP contribution is -2.24. The standard InChI is InChI=1S/C21H23N3O4/c1-14(2)27-10-9-24(3)20-8-7-17(13-22-20)19-12-18(23-28-19)15-5-4-6-16(11-15)21(25)26/h4-8,11-14H,9-10H2,1-3H3,(H,25,26). The molecule has 3 aromatic rings. The van der Waals surface area contributed by atoms with Crippen LogP contribution in [0.2, 0.25) is 0 Å². The number of nitrogens with zero attached hydrogens (tertiary/aromatic N) is 3.